The second-order valence-corrected chi connectivity index (χ2v) is 2.46. The zero-order valence-corrected chi connectivity index (χ0v) is 6.66. The lowest BCUT2D eigenvalue weighted by atomic mass is 9.97. The fourth-order valence-corrected chi connectivity index (χ4v) is 0.916. The molecule has 0 saturated carbocycles. The predicted octanol–water partition coefficient (Wildman–Crippen LogP) is 1.03. The Balaban J connectivity index is 4.08. The topological polar surface area (TPSA) is 57.5 Å². The number of carbonyl (C=O) groups is 1. The highest BCUT2D eigenvalue weighted by Gasteiger charge is 2.22. The third-order valence-electron chi connectivity index (χ3n) is 1.57. The van der Waals surface area contributed by atoms with E-state index in [0.29, 0.717) is 6.42 Å². The molecule has 0 aromatic carbocycles. The summed E-state index contributed by atoms with van der Waals surface area (Å²) < 4.78 is 0. The summed E-state index contributed by atoms with van der Waals surface area (Å²) in [6.45, 7) is 5.21. The van der Waals surface area contributed by atoms with Crippen molar-refractivity contribution in [2.24, 2.45) is 5.92 Å². The Morgan fingerprint density at radius 2 is 2.27 bits per heavy atom. The average molecular weight is 158 g/mol. The van der Waals surface area contributed by atoms with E-state index in [1.807, 2.05) is 6.92 Å². The van der Waals surface area contributed by atoms with Crippen LogP contribution >= 0.6 is 0 Å². The third-order valence-corrected chi connectivity index (χ3v) is 1.57. The van der Waals surface area contributed by atoms with Crippen molar-refractivity contribution in [2.45, 2.75) is 25.9 Å². The van der Waals surface area contributed by atoms with Crippen molar-refractivity contribution in [2.75, 3.05) is 0 Å². The number of hydrogen-bond donors (Lipinski definition) is 2. The van der Waals surface area contributed by atoms with Gasteiger partial charge >= 0.3 is 5.97 Å². The maximum atomic E-state index is 10.5. The summed E-state index contributed by atoms with van der Waals surface area (Å²) in [5, 5.41) is 17.7. The Kier molecular flexibility index (Phi) is 4.54. The highest BCUT2D eigenvalue weighted by molar-refractivity contribution is 5.70. The van der Waals surface area contributed by atoms with E-state index in [1.54, 1.807) is 0 Å². The van der Waals surface area contributed by atoms with Crippen LogP contribution in [-0.2, 0) is 4.79 Å². The largest absolute Gasteiger partial charge is 0.481 e. The van der Waals surface area contributed by atoms with Gasteiger partial charge in [-0.2, -0.15) is 0 Å². The molecule has 0 unspecified atom stereocenters. The molecule has 0 saturated heterocycles. The number of aliphatic carboxylic acids is 1. The molecule has 2 N–H and O–H groups in total. The van der Waals surface area contributed by atoms with Crippen LogP contribution in [0.3, 0.4) is 0 Å². The zero-order valence-electron chi connectivity index (χ0n) is 6.66. The van der Waals surface area contributed by atoms with Crippen LogP contribution in [0.15, 0.2) is 12.7 Å². The first-order valence-electron chi connectivity index (χ1n) is 3.66. The molecule has 0 aliphatic carbocycles. The minimum atomic E-state index is -0.959. The van der Waals surface area contributed by atoms with Crippen molar-refractivity contribution >= 4 is 5.97 Å². The van der Waals surface area contributed by atoms with Gasteiger partial charge < -0.3 is 10.2 Å². The molecule has 0 fully saturated rings. The van der Waals surface area contributed by atoms with Crippen LogP contribution in [0.1, 0.15) is 19.8 Å². The maximum Gasteiger partial charge on any atom is 0.309 e. The fourth-order valence-electron chi connectivity index (χ4n) is 0.916. The van der Waals surface area contributed by atoms with Crippen molar-refractivity contribution < 1.29 is 15.0 Å². The predicted molar refractivity (Wildman–Crippen MR) is 42.2 cm³/mol. The molecule has 0 aliphatic rings. The Morgan fingerprint density at radius 3 is 2.55 bits per heavy atom. The van der Waals surface area contributed by atoms with Crippen LogP contribution in [0.25, 0.3) is 0 Å². The molecule has 3 nitrogen and oxygen atoms in total. The van der Waals surface area contributed by atoms with E-state index < -0.39 is 18.0 Å². The molecule has 0 amide bonds. The molecule has 3 heteroatoms. The highest BCUT2D eigenvalue weighted by atomic mass is 16.4. The minimum absolute atomic E-state index is 0.489. The van der Waals surface area contributed by atoms with Gasteiger partial charge in [-0.15, -0.1) is 6.58 Å². The van der Waals surface area contributed by atoms with E-state index in [-0.39, 0.29) is 0 Å². The molecular weight excluding hydrogens is 144 g/mol. The summed E-state index contributed by atoms with van der Waals surface area (Å²) in [4.78, 5) is 10.5. The molecule has 64 valence electrons. The van der Waals surface area contributed by atoms with Crippen LogP contribution < -0.4 is 0 Å². The fraction of sp³-hybridized carbons (Fsp3) is 0.625. The zero-order chi connectivity index (χ0) is 8.85. The first-order chi connectivity index (χ1) is 5.13. The van der Waals surface area contributed by atoms with Crippen molar-refractivity contribution in [1.82, 2.24) is 0 Å². The lowest BCUT2D eigenvalue weighted by Crippen LogP contribution is -2.26. The monoisotopic (exact) mass is 158 g/mol. The standard InChI is InChI=1S/C8H14O3/c1-3-5-6(8(10)11)7(9)4-2/h4,6-7,9H,2-3,5H2,1H3,(H,10,11)/t6-,7+/m1/s1. The van der Waals surface area contributed by atoms with Crippen molar-refractivity contribution in [1.29, 1.82) is 0 Å². The van der Waals surface area contributed by atoms with Crippen LogP contribution in [0, 0.1) is 5.92 Å². The Bertz CT molecular complexity index is 142. The third kappa shape index (κ3) is 3.18. The Hall–Kier alpha value is -0.830. The summed E-state index contributed by atoms with van der Waals surface area (Å²) >= 11 is 0. The van der Waals surface area contributed by atoms with E-state index in [2.05, 4.69) is 6.58 Å². The molecule has 11 heavy (non-hydrogen) atoms. The minimum Gasteiger partial charge on any atom is -0.481 e. The van der Waals surface area contributed by atoms with E-state index in [1.165, 1.54) is 6.08 Å². The van der Waals surface area contributed by atoms with Gasteiger partial charge in [-0.3, -0.25) is 4.79 Å². The second-order valence-electron chi connectivity index (χ2n) is 2.46. The first-order valence-corrected chi connectivity index (χ1v) is 3.66. The summed E-state index contributed by atoms with van der Waals surface area (Å²) in [7, 11) is 0. The lowest BCUT2D eigenvalue weighted by Gasteiger charge is -2.13. The highest BCUT2D eigenvalue weighted by Crippen LogP contribution is 2.12. The quantitative estimate of drug-likeness (QED) is 0.587. The van der Waals surface area contributed by atoms with Crippen LogP contribution in [0.2, 0.25) is 0 Å². The van der Waals surface area contributed by atoms with E-state index in [9.17, 15) is 4.79 Å². The van der Waals surface area contributed by atoms with Gasteiger partial charge in [0.15, 0.2) is 0 Å². The molecule has 0 aliphatic heterocycles. The number of carboxylic acids is 1. The first kappa shape index (κ1) is 10.2. The van der Waals surface area contributed by atoms with E-state index >= 15 is 0 Å². The van der Waals surface area contributed by atoms with Crippen LogP contribution in [0.4, 0.5) is 0 Å². The smallest absolute Gasteiger partial charge is 0.309 e. The van der Waals surface area contributed by atoms with Gasteiger partial charge in [0.1, 0.15) is 0 Å². The summed E-state index contributed by atoms with van der Waals surface area (Å²) in [5.74, 6) is -1.66. The van der Waals surface area contributed by atoms with Crippen LogP contribution in [0.5, 0.6) is 0 Å². The number of carboxylic acid groups (broad SMARTS) is 1. The molecule has 0 heterocycles. The number of aliphatic hydroxyl groups is 1. The van der Waals surface area contributed by atoms with Gasteiger partial charge in [-0.25, -0.2) is 0 Å². The van der Waals surface area contributed by atoms with Gasteiger partial charge in [0.25, 0.3) is 0 Å². The number of rotatable bonds is 5. The van der Waals surface area contributed by atoms with Crippen molar-refractivity contribution in [3.05, 3.63) is 12.7 Å². The summed E-state index contributed by atoms with van der Waals surface area (Å²) in [5.41, 5.74) is 0. The molecule has 0 spiro atoms. The molecule has 2 atom stereocenters. The lowest BCUT2D eigenvalue weighted by molar-refractivity contribution is -0.144. The average Bonchev–Trinajstić information content (AvgIpc) is 1.98. The molecule has 0 rings (SSSR count). The van der Waals surface area contributed by atoms with E-state index in [4.69, 9.17) is 10.2 Å². The SMILES string of the molecule is C=C[C@H](O)[C@@H](CCC)C(=O)O. The van der Waals surface area contributed by atoms with E-state index in [0.717, 1.165) is 6.42 Å². The van der Waals surface area contributed by atoms with Crippen molar-refractivity contribution in [3.8, 4) is 0 Å². The summed E-state index contributed by atoms with van der Waals surface area (Å²) in [6, 6.07) is 0. The number of hydrogen-bond acceptors (Lipinski definition) is 2. The molecule has 0 aromatic rings. The molecule has 0 aromatic heterocycles. The molecule has 0 bridgehead atoms. The van der Waals surface area contributed by atoms with Gasteiger partial charge in [0.2, 0.25) is 0 Å². The van der Waals surface area contributed by atoms with Crippen LogP contribution in [-0.4, -0.2) is 22.3 Å². The maximum absolute atomic E-state index is 10.5. The van der Waals surface area contributed by atoms with Crippen molar-refractivity contribution in [3.63, 3.8) is 0 Å². The van der Waals surface area contributed by atoms with Gasteiger partial charge in [0.05, 0.1) is 12.0 Å². The number of aliphatic hydroxyl groups excluding tert-OH is 1. The van der Waals surface area contributed by atoms with Gasteiger partial charge in [-0.1, -0.05) is 19.4 Å². The molecule has 0 radical (unpaired) electrons. The normalized spacial score (nSPS) is 15.5. The Morgan fingerprint density at radius 1 is 1.73 bits per heavy atom. The summed E-state index contributed by atoms with van der Waals surface area (Å²) in [6.07, 6.45) is 1.58. The van der Waals surface area contributed by atoms with Gasteiger partial charge in [0, 0.05) is 0 Å². The second kappa shape index (κ2) is 4.91. The van der Waals surface area contributed by atoms with Gasteiger partial charge in [-0.05, 0) is 6.42 Å². The molecular formula is C8H14O3. The Labute approximate surface area is 66.4 Å².